The van der Waals surface area contributed by atoms with Crippen molar-refractivity contribution in [3.63, 3.8) is 0 Å². The summed E-state index contributed by atoms with van der Waals surface area (Å²) in [7, 11) is 0. The average Bonchev–Trinajstić information content (AvgIpc) is 2.48. The quantitative estimate of drug-likeness (QED) is 0.910. The molecule has 0 saturated carbocycles. The third kappa shape index (κ3) is 5.08. The molecule has 2 rings (SSSR count). The summed E-state index contributed by atoms with van der Waals surface area (Å²) in [6.45, 7) is 2.96. The van der Waals surface area contributed by atoms with Crippen molar-refractivity contribution in [2.24, 2.45) is 0 Å². The number of anilines is 1. The summed E-state index contributed by atoms with van der Waals surface area (Å²) in [5.41, 5.74) is 0.791. The number of carbonyl (C=O) groups is 2. The van der Waals surface area contributed by atoms with Crippen LogP contribution in [0.5, 0.6) is 0 Å². The van der Waals surface area contributed by atoms with E-state index in [9.17, 15) is 9.59 Å². The van der Waals surface area contributed by atoms with Gasteiger partial charge in [0.2, 0.25) is 11.8 Å². The van der Waals surface area contributed by atoms with Crippen LogP contribution in [0.15, 0.2) is 30.3 Å². The number of hydrogen-bond donors (Lipinski definition) is 1. The van der Waals surface area contributed by atoms with E-state index in [2.05, 4.69) is 12.2 Å². The molecule has 1 unspecified atom stereocenters. The van der Waals surface area contributed by atoms with Gasteiger partial charge in [0.15, 0.2) is 0 Å². The van der Waals surface area contributed by atoms with E-state index in [-0.39, 0.29) is 11.8 Å². The molecule has 1 aliphatic rings. The van der Waals surface area contributed by atoms with Gasteiger partial charge in [-0.25, -0.2) is 0 Å². The van der Waals surface area contributed by atoms with E-state index in [1.807, 2.05) is 35.2 Å². The molecular formula is C16H22N2O2S. The van der Waals surface area contributed by atoms with Crippen LogP contribution in [0.2, 0.25) is 0 Å². The lowest BCUT2D eigenvalue weighted by Gasteiger charge is -2.33. The minimum Gasteiger partial charge on any atom is -0.339 e. The Morgan fingerprint density at radius 3 is 2.71 bits per heavy atom. The predicted molar refractivity (Wildman–Crippen MR) is 87.4 cm³/mol. The van der Waals surface area contributed by atoms with Gasteiger partial charge in [-0.2, -0.15) is 0 Å². The second kappa shape index (κ2) is 8.08. The SMILES string of the molecule is CC1CCCCN1C(=O)CSCC(=O)Nc1ccccc1. The Morgan fingerprint density at radius 1 is 1.24 bits per heavy atom. The summed E-state index contributed by atoms with van der Waals surface area (Å²) < 4.78 is 0. The lowest BCUT2D eigenvalue weighted by atomic mass is 10.0. The predicted octanol–water partition coefficient (Wildman–Crippen LogP) is 2.76. The first-order chi connectivity index (χ1) is 10.2. The third-order valence-corrected chi connectivity index (χ3v) is 4.56. The molecule has 0 aliphatic carbocycles. The van der Waals surface area contributed by atoms with Crippen LogP contribution in [0.4, 0.5) is 5.69 Å². The molecule has 1 fully saturated rings. The van der Waals surface area contributed by atoms with Gasteiger partial charge in [0, 0.05) is 18.3 Å². The van der Waals surface area contributed by atoms with Crippen LogP contribution in [-0.2, 0) is 9.59 Å². The monoisotopic (exact) mass is 306 g/mol. The van der Waals surface area contributed by atoms with Crippen LogP contribution in [0.25, 0.3) is 0 Å². The first-order valence-corrected chi connectivity index (χ1v) is 8.54. The Kier molecular flexibility index (Phi) is 6.11. The Bertz CT molecular complexity index is 478. The highest BCUT2D eigenvalue weighted by Crippen LogP contribution is 2.17. The summed E-state index contributed by atoms with van der Waals surface area (Å²) in [5, 5.41) is 2.82. The largest absolute Gasteiger partial charge is 0.339 e. The van der Waals surface area contributed by atoms with Gasteiger partial charge in [0.1, 0.15) is 0 Å². The van der Waals surface area contributed by atoms with Crippen molar-refractivity contribution in [1.29, 1.82) is 0 Å². The second-order valence-corrected chi connectivity index (χ2v) is 6.32. The van der Waals surface area contributed by atoms with Gasteiger partial charge in [0.25, 0.3) is 0 Å². The number of likely N-dealkylation sites (tertiary alicyclic amines) is 1. The zero-order valence-electron chi connectivity index (χ0n) is 12.4. The fourth-order valence-corrected chi connectivity index (χ4v) is 3.20. The number of nitrogens with one attached hydrogen (secondary N) is 1. The van der Waals surface area contributed by atoms with Gasteiger partial charge in [-0.1, -0.05) is 18.2 Å². The van der Waals surface area contributed by atoms with E-state index >= 15 is 0 Å². The first kappa shape index (κ1) is 15.9. The minimum absolute atomic E-state index is 0.0642. The highest BCUT2D eigenvalue weighted by Gasteiger charge is 2.22. The number of nitrogens with zero attached hydrogens (tertiary/aromatic N) is 1. The highest BCUT2D eigenvalue weighted by molar-refractivity contribution is 8.00. The molecule has 1 N–H and O–H groups in total. The molecule has 1 saturated heterocycles. The number of piperidine rings is 1. The normalized spacial score (nSPS) is 18.3. The molecule has 114 valence electrons. The lowest BCUT2D eigenvalue weighted by Crippen LogP contribution is -2.43. The first-order valence-electron chi connectivity index (χ1n) is 7.39. The molecule has 2 amide bonds. The molecule has 0 bridgehead atoms. The molecule has 0 aromatic heterocycles. The Labute approximate surface area is 130 Å². The van der Waals surface area contributed by atoms with Gasteiger partial charge < -0.3 is 10.2 Å². The number of rotatable bonds is 5. The van der Waals surface area contributed by atoms with Crippen molar-refractivity contribution in [3.8, 4) is 0 Å². The minimum atomic E-state index is -0.0642. The topological polar surface area (TPSA) is 49.4 Å². The van der Waals surface area contributed by atoms with Gasteiger partial charge in [-0.15, -0.1) is 11.8 Å². The van der Waals surface area contributed by atoms with Crippen molar-refractivity contribution < 1.29 is 9.59 Å². The molecule has 1 aromatic rings. The zero-order chi connectivity index (χ0) is 15.1. The number of para-hydroxylation sites is 1. The Hall–Kier alpha value is -1.49. The number of benzene rings is 1. The Morgan fingerprint density at radius 2 is 2.00 bits per heavy atom. The van der Waals surface area contributed by atoms with Crippen LogP contribution in [-0.4, -0.2) is 40.8 Å². The van der Waals surface area contributed by atoms with Crippen molar-refractivity contribution in [1.82, 2.24) is 4.90 Å². The molecule has 0 radical (unpaired) electrons. The van der Waals surface area contributed by atoms with Crippen molar-refractivity contribution in [3.05, 3.63) is 30.3 Å². The van der Waals surface area contributed by atoms with Crippen LogP contribution in [0.3, 0.4) is 0 Å². The molecule has 0 spiro atoms. The van der Waals surface area contributed by atoms with Crippen molar-refractivity contribution >= 4 is 29.3 Å². The maximum Gasteiger partial charge on any atom is 0.234 e. The fraction of sp³-hybridized carbons (Fsp3) is 0.500. The average molecular weight is 306 g/mol. The summed E-state index contributed by atoms with van der Waals surface area (Å²) in [6, 6.07) is 9.70. The second-order valence-electron chi connectivity index (χ2n) is 5.34. The molecule has 21 heavy (non-hydrogen) atoms. The van der Waals surface area contributed by atoms with Crippen molar-refractivity contribution in [2.45, 2.75) is 32.2 Å². The Balaban J connectivity index is 1.69. The summed E-state index contributed by atoms with van der Waals surface area (Å²) >= 11 is 1.38. The van der Waals surface area contributed by atoms with Gasteiger partial charge in [-0.05, 0) is 38.3 Å². The zero-order valence-corrected chi connectivity index (χ0v) is 13.2. The van der Waals surface area contributed by atoms with E-state index in [1.54, 1.807) is 0 Å². The van der Waals surface area contributed by atoms with Gasteiger partial charge >= 0.3 is 0 Å². The number of amides is 2. The maximum absolute atomic E-state index is 12.1. The third-order valence-electron chi connectivity index (χ3n) is 3.64. The van der Waals surface area contributed by atoms with Gasteiger partial charge in [0.05, 0.1) is 11.5 Å². The van der Waals surface area contributed by atoms with Crippen LogP contribution >= 0.6 is 11.8 Å². The van der Waals surface area contributed by atoms with Crippen LogP contribution in [0, 0.1) is 0 Å². The number of hydrogen-bond acceptors (Lipinski definition) is 3. The van der Waals surface area contributed by atoms with Crippen molar-refractivity contribution in [2.75, 3.05) is 23.4 Å². The molecule has 1 aliphatic heterocycles. The lowest BCUT2D eigenvalue weighted by molar-refractivity contribution is -0.131. The standard InChI is InChI=1S/C16H22N2O2S/c1-13-7-5-6-10-18(13)16(20)12-21-11-15(19)17-14-8-3-2-4-9-14/h2-4,8-9,13H,5-7,10-12H2,1H3,(H,17,19). The molecule has 4 nitrogen and oxygen atoms in total. The molecular weight excluding hydrogens is 284 g/mol. The summed E-state index contributed by atoms with van der Waals surface area (Å²) in [4.78, 5) is 25.8. The summed E-state index contributed by atoms with van der Waals surface area (Å²) in [5.74, 6) is 0.778. The van der Waals surface area contributed by atoms with Gasteiger partial charge in [-0.3, -0.25) is 9.59 Å². The summed E-state index contributed by atoms with van der Waals surface area (Å²) in [6.07, 6.45) is 3.39. The van der Waals surface area contributed by atoms with Crippen LogP contribution < -0.4 is 5.32 Å². The number of thioether (sulfide) groups is 1. The highest BCUT2D eigenvalue weighted by atomic mass is 32.2. The van der Waals surface area contributed by atoms with E-state index in [0.29, 0.717) is 17.5 Å². The molecule has 1 aromatic carbocycles. The van der Waals surface area contributed by atoms with E-state index in [1.165, 1.54) is 18.2 Å². The van der Waals surface area contributed by atoms with E-state index < -0.39 is 0 Å². The molecule has 1 atom stereocenters. The maximum atomic E-state index is 12.1. The van der Waals surface area contributed by atoms with Crippen LogP contribution in [0.1, 0.15) is 26.2 Å². The fourth-order valence-electron chi connectivity index (χ4n) is 2.50. The van der Waals surface area contributed by atoms with E-state index in [0.717, 1.165) is 25.1 Å². The van der Waals surface area contributed by atoms with E-state index in [4.69, 9.17) is 0 Å². The molecule has 1 heterocycles. The number of carbonyl (C=O) groups excluding carboxylic acids is 2. The smallest absolute Gasteiger partial charge is 0.234 e. The molecule has 5 heteroatoms.